The van der Waals surface area contributed by atoms with Crippen LogP contribution in [0, 0.1) is 5.92 Å². The molecule has 0 amide bonds. The average Bonchev–Trinajstić information content (AvgIpc) is 1.85. The molecule has 0 aromatic rings. The topological polar surface area (TPSA) is 101 Å². The molecule has 4 N–H and O–H groups in total. The SMILES string of the molecule is C[C@@H](O)[C@@H](C(=O)O)[C@H](N)CC=O. The number of nitrogens with two attached hydrogens (primary N) is 1. The Kier molecular flexibility index (Phi) is 4.46. The Balaban J connectivity index is 4.28. The number of hydrogen-bond acceptors (Lipinski definition) is 4. The number of aliphatic hydroxyl groups is 1. The van der Waals surface area contributed by atoms with Crippen LogP contribution >= 0.6 is 0 Å². The molecule has 0 saturated carbocycles. The average molecular weight is 175 g/mol. The van der Waals surface area contributed by atoms with Crippen LogP contribution in [-0.4, -0.2) is 34.6 Å². The summed E-state index contributed by atoms with van der Waals surface area (Å²) in [4.78, 5) is 20.5. The number of aldehydes is 1. The molecule has 0 fully saturated rings. The van der Waals surface area contributed by atoms with Crippen LogP contribution < -0.4 is 5.73 Å². The number of aliphatic carboxylic acids is 1. The van der Waals surface area contributed by atoms with Gasteiger partial charge in [0, 0.05) is 12.5 Å². The monoisotopic (exact) mass is 175 g/mol. The van der Waals surface area contributed by atoms with E-state index in [4.69, 9.17) is 15.9 Å². The Bertz CT molecular complexity index is 169. The molecule has 0 aliphatic rings. The van der Waals surface area contributed by atoms with Gasteiger partial charge in [-0.2, -0.15) is 0 Å². The van der Waals surface area contributed by atoms with Gasteiger partial charge < -0.3 is 20.7 Å². The van der Waals surface area contributed by atoms with Crippen molar-refractivity contribution < 1.29 is 19.8 Å². The number of hydrogen-bond donors (Lipinski definition) is 3. The van der Waals surface area contributed by atoms with E-state index in [1.807, 2.05) is 0 Å². The summed E-state index contributed by atoms with van der Waals surface area (Å²) in [5, 5.41) is 17.6. The molecule has 5 heteroatoms. The number of aliphatic hydroxyl groups excluding tert-OH is 1. The molecule has 0 aromatic carbocycles. The molecular weight excluding hydrogens is 162 g/mol. The standard InChI is InChI=1S/C7H13NO4/c1-4(10)6(7(11)12)5(8)2-3-9/h3-6,10H,2,8H2,1H3,(H,11,12)/t4-,5-,6-/m1/s1. The third kappa shape index (κ3) is 2.98. The van der Waals surface area contributed by atoms with E-state index in [-0.39, 0.29) is 6.42 Å². The van der Waals surface area contributed by atoms with Gasteiger partial charge in [0.25, 0.3) is 0 Å². The molecule has 0 unspecified atom stereocenters. The van der Waals surface area contributed by atoms with Gasteiger partial charge in [-0.25, -0.2) is 0 Å². The highest BCUT2D eigenvalue weighted by atomic mass is 16.4. The van der Waals surface area contributed by atoms with Crippen LogP contribution in [0.5, 0.6) is 0 Å². The van der Waals surface area contributed by atoms with E-state index in [0.29, 0.717) is 6.29 Å². The molecule has 3 atom stereocenters. The van der Waals surface area contributed by atoms with Gasteiger partial charge in [0.2, 0.25) is 0 Å². The first kappa shape index (κ1) is 11.1. The summed E-state index contributed by atoms with van der Waals surface area (Å²) in [7, 11) is 0. The molecule has 5 nitrogen and oxygen atoms in total. The van der Waals surface area contributed by atoms with Gasteiger partial charge in [0.1, 0.15) is 6.29 Å². The highest BCUT2D eigenvalue weighted by Crippen LogP contribution is 2.09. The first-order chi connectivity index (χ1) is 5.50. The lowest BCUT2D eigenvalue weighted by Gasteiger charge is -2.20. The second kappa shape index (κ2) is 4.84. The largest absolute Gasteiger partial charge is 0.481 e. The lowest BCUT2D eigenvalue weighted by atomic mass is 9.93. The van der Waals surface area contributed by atoms with E-state index in [1.165, 1.54) is 6.92 Å². The zero-order valence-corrected chi connectivity index (χ0v) is 6.80. The van der Waals surface area contributed by atoms with Crippen molar-refractivity contribution in [3.63, 3.8) is 0 Å². The molecule has 0 spiro atoms. The molecule has 0 aliphatic carbocycles. The maximum atomic E-state index is 10.5. The molecule has 0 saturated heterocycles. The van der Waals surface area contributed by atoms with Crippen molar-refractivity contribution in [3.05, 3.63) is 0 Å². The summed E-state index contributed by atoms with van der Waals surface area (Å²) in [5.41, 5.74) is 5.36. The van der Waals surface area contributed by atoms with Crippen molar-refractivity contribution >= 4 is 12.3 Å². The lowest BCUT2D eigenvalue weighted by molar-refractivity contribution is -0.146. The van der Waals surface area contributed by atoms with Crippen LogP contribution in [0.15, 0.2) is 0 Å². The molecule has 0 radical (unpaired) electrons. The molecule has 0 aliphatic heterocycles. The summed E-state index contributed by atoms with van der Waals surface area (Å²) >= 11 is 0. The second-order valence-electron chi connectivity index (χ2n) is 2.67. The third-order valence-corrected chi connectivity index (χ3v) is 1.63. The van der Waals surface area contributed by atoms with Gasteiger partial charge in [0.05, 0.1) is 12.0 Å². The predicted octanol–water partition coefficient (Wildman–Crippen LogP) is -1.02. The Hall–Kier alpha value is -0.940. The Morgan fingerprint density at radius 2 is 2.17 bits per heavy atom. The van der Waals surface area contributed by atoms with Crippen LogP contribution in [-0.2, 0) is 9.59 Å². The maximum Gasteiger partial charge on any atom is 0.310 e. The Labute approximate surface area is 70.2 Å². The van der Waals surface area contributed by atoms with Gasteiger partial charge in [0.15, 0.2) is 0 Å². The van der Waals surface area contributed by atoms with Crippen molar-refractivity contribution in [2.75, 3.05) is 0 Å². The van der Waals surface area contributed by atoms with E-state index in [1.54, 1.807) is 0 Å². The van der Waals surface area contributed by atoms with Crippen LogP contribution in [0.1, 0.15) is 13.3 Å². The fraction of sp³-hybridized carbons (Fsp3) is 0.714. The smallest absolute Gasteiger partial charge is 0.310 e. The first-order valence-corrected chi connectivity index (χ1v) is 3.60. The fourth-order valence-electron chi connectivity index (χ4n) is 1.00. The predicted molar refractivity (Wildman–Crippen MR) is 41.5 cm³/mol. The number of carbonyl (C=O) groups is 2. The van der Waals surface area contributed by atoms with Gasteiger partial charge in [-0.15, -0.1) is 0 Å². The summed E-state index contributed by atoms with van der Waals surface area (Å²) in [6.45, 7) is 1.34. The van der Waals surface area contributed by atoms with Crippen LogP contribution in [0.4, 0.5) is 0 Å². The van der Waals surface area contributed by atoms with Crippen LogP contribution in [0.25, 0.3) is 0 Å². The summed E-state index contributed by atoms with van der Waals surface area (Å²) in [6, 6.07) is -0.819. The molecule has 12 heavy (non-hydrogen) atoms. The van der Waals surface area contributed by atoms with Crippen LogP contribution in [0.3, 0.4) is 0 Å². The van der Waals surface area contributed by atoms with Crippen molar-refractivity contribution in [2.24, 2.45) is 11.7 Å². The zero-order valence-electron chi connectivity index (χ0n) is 6.80. The summed E-state index contributed by atoms with van der Waals surface area (Å²) in [5.74, 6) is -2.26. The minimum absolute atomic E-state index is 0.0537. The van der Waals surface area contributed by atoms with E-state index in [2.05, 4.69) is 0 Å². The second-order valence-corrected chi connectivity index (χ2v) is 2.67. The highest BCUT2D eigenvalue weighted by Gasteiger charge is 2.29. The Morgan fingerprint density at radius 1 is 1.67 bits per heavy atom. The number of carboxylic acid groups (broad SMARTS) is 1. The van der Waals surface area contributed by atoms with Gasteiger partial charge in [-0.05, 0) is 6.92 Å². The number of carbonyl (C=O) groups excluding carboxylic acids is 1. The lowest BCUT2D eigenvalue weighted by Crippen LogP contribution is -2.42. The highest BCUT2D eigenvalue weighted by molar-refractivity contribution is 5.72. The molecule has 0 rings (SSSR count). The van der Waals surface area contributed by atoms with Crippen molar-refractivity contribution in [1.29, 1.82) is 0 Å². The van der Waals surface area contributed by atoms with Gasteiger partial charge in [-0.1, -0.05) is 0 Å². The summed E-state index contributed by atoms with van der Waals surface area (Å²) in [6.07, 6.45) is -0.553. The quantitative estimate of drug-likeness (QED) is 0.464. The maximum absolute atomic E-state index is 10.5. The van der Waals surface area contributed by atoms with Gasteiger partial charge in [-0.3, -0.25) is 4.79 Å². The fourth-order valence-corrected chi connectivity index (χ4v) is 1.00. The van der Waals surface area contributed by atoms with Crippen LogP contribution in [0.2, 0.25) is 0 Å². The molecule has 70 valence electrons. The minimum atomic E-state index is -1.18. The zero-order chi connectivity index (χ0) is 9.72. The number of carboxylic acids is 1. The minimum Gasteiger partial charge on any atom is -0.481 e. The van der Waals surface area contributed by atoms with Gasteiger partial charge >= 0.3 is 5.97 Å². The van der Waals surface area contributed by atoms with E-state index < -0.39 is 24.0 Å². The molecular formula is C7H13NO4. The molecule has 0 aromatic heterocycles. The van der Waals surface area contributed by atoms with Crippen molar-refractivity contribution in [1.82, 2.24) is 0 Å². The Morgan fingerprint density at radius 3 is 2.42 bits per heavy atom. The molecule has 0 heterocycles. The van der Waals surface area contributed by atoms with E-state index in [0.717, 1.165) is 0 Å². The molecule has 0 bridgehead atoms. The van der Waals surface area contributed by atoms with E-state index in [9.17, 15) is 9.59 Å². The van der Waals surface area contributed by atoms with Crippen molar-refractivity contribution in [3.8, 4) is 0 Å². The number of rotatable bonds is 5. The normalized spacial score (nSPS) is 17.9. The van der Waals surface area contributed by atoms with Crippen molar-refractivity contribution in [2.45, 2.75) is 25.5 Å². The first-order valence-electron chi connectivity index (χ1n) is 3.60. The summed E-state index contributed by atoms with van der Waals surface area (Å²) < 4.78 is 0. The third-order valence-electron chi connectivity index (χ3n) is 1.63. The van der Waals surface area contributed by atoms with E-state index >= 15 is 0 Å².